The molecule has 2 amide bonds. The van der Waals surface area contributed by atoms with E-state index >= 15 is 0 Å². The first-order valence-electron chi connectivity index (χ1n) is 12.7. The first-order chi connectivity index (χ1) is 19.9. The van der Waals surface area contributed by atoms with E-state index in [2.05, 4.69) is 25.9 Å². The third-order valence-corrected chi connectivity index (χ3v) is 6.34. The van der Waals surface area contributed by atoms with Crippen LogP contribution in [0.15, 0.2) is 90.0 Å². The molecule has 0 aliphatic rings. The van der Waals surface area contributed by atoms with Crippen LogP contribution in [0, 0.1) is 5.82 Å². The minimum atomic E-state index is -0.330. The molecule has 0 atom stereocenters. The fourth-order valence-corrected chi connectivity index (χ4v) is 4.26. The molecule has 9 nitrogen and oxygen atoms in total. The summed E-state index contributed by atoms with van der Waals surface area (Å²) in [5.41, 5.74) is 3.06. The Bertz CT molecular complexity index is 1680. The molecule has 11 heteroatoms. The maximum Gasteiger partial charge on any atom is 0.254 e. The van der Waals surface area contributed by atoms with Crippen LogP contribution in [0.25, 0.3) is 10.9 Å². The van der Waals surface area contributed by atoms with Crippen LogP contribution in [-0.4, -0.2) is 28.3 Å². The molecule has 5 rings (SSSR count). The van der Waals surface area contributed by atoms with Crippen LogP contribution in [0.5, 0.6) is 5.75 Å². The highest BCUT2D eigenvalue weighted by Crippen LogP contribution is 2.31. The summed E-state index contributed by atoms with van der Waals surface area (Å²) in [5.74, 6) is 0.219. The summed E-state index contributed by atoms with van der Waals surface area (Å²) in [7, 11) is 0. The topological polar surface area (TPSA) is 118 Å². The van der Waals surface area contributed by atoms with Crippen LogP contribution >= 0.6 is 11.6 Å². The number of rotatable bonds is 11. The molecule has 3 aromatic carbocycles. The van der Waals surface area contributed by atoms with E-state index in [1.54, 1.807) is 54.6 Å². The number of nitrogens with one attached hydrogen (secondary N) is 3. The van der Waals surface area contributed by atoms with Gasteiger partial charge in [-0.15, -0.1) is 0 Å². The van der Waals surface area contributed by atoms with Gasteiger partial charge in [0.1, 0.15) is 36.6 Å². The average molecular weight is 574 g/mol. The lowest BCUT2D eigenvalue weighted by molar-refractivity contribution is -0.116. The average Bonchev–Trinajstić information content (AvgIpc) is 3.51. The van der Waals surface area contributed by atoms with Gasteiger partial charge in [-0.3, -0.25) is 9.59 Å². The second-order valence-corrected chi connectivity index (χ2v) is 9.47. The van der Waals surface area contributed by atoms with Gasteiger partial charge in [-0.05, 0) is 66.6 Å². The Morgan fingerprint density at radius 1 is 1.00 bits per heavy atom. The minimum absolute atomic E-state index is 0.176. The first kappa shape index (κ1) is 27.6. The van der Waals surface area contributed by atoms with Crippen LogP contribution < -0.4 is 20.7 Å². The molecular formula is C30H25ClFN5O4. The summed E-state index contributed by atoms with van der Waals surface area (Å²) in [6.07, 6.45) is 4.94. The summed E-state index contributed by atoms with van der Waals surface area (Å²) in [6, 6.07) is 18.3. The number of amides is 2. The van der Waals surface area contributed by atoms with Gasteiger partial charge in [-0.2, -0.15) is 0 Å². The third kappa shape index (κ3) is 7.37. The molecule has 0 unspecified atom stereocenters. The van der Waals surface area contributed by atoms with E-state index < -0.39 is 0 Å². The zero-order valence-corrected chi connectivity index (χ0v) is 22.5. The second kappa shape index (κ2) is 12.9. The Morgan fingerprint density at radius 3 is 2.68 bits per heavy atom. The Hall–Kier alpha value is -4.96. The van der Waals surface area contributed by atoms with Gasteiger partial charge in [0.2, 0.25) is 5.91 Å². The molecule has 2 heterocycles. The molecule has 0 bridgehead atoms. The monoisotopic (exact) mass is 573 g/mol. The quantitative estimate of drug-likeness (QED) is 0.155. The summed E-state index contributed by atoms with van der Waals surface area (Å²) in [6.45, 7) is 0.531. The maximum atomic E-state index is 13.4. The number of furan rings is 1. The smallest absolute Gasteiger partial charge is 0.254 e. The number of nitrogens with zero attached hydrogens (tertiary/aromatic N) is 2. The molecule has 0 saturated heterocycles. The molecule has 0 aliphatic heterocycles. The molecule has 0 fully saturated rings. The number of fused-ring (bicyclic) bond motifs is 1. The Kier molecular flexibility index (Phi) is 8.70. The van der Waals surface area contributed by atoms with Crippen LogP contribution in [0.4, 0.5) is 21.6 Å². The van der Waals surface area contributed by atoms with Crippen LogP contribution in [-0.2, 0) is 11.4 Å². The largest absolute Gasteiger partial charge is 0.487 e. The van der Waals surface area contributed by atoms with Crippen LogP contribution in [0.3, 0.4) is 0 Å². The van der Waals surface area contributed by atoms with Gasteiger partial charge in [0.05, 0.1) is 22.4 Å². The standard InChI is InChI=1S/C30H25ClFN5O4/c31-25-15-23(7-9-27(25)41-16-19-3-1-4-21(32)13-19)37-29-24-14-22(6-8-26(24)34-18-35-29)36-28(38)5-2-11-33-30(39)20-10-12-40-17-20/h1,3-4,6-10,12-15,17-18H,2,5,11,16H2,(H,33,39)(H,36,38)(H,34,35,37). The third-order valence-electron chi connectivity index (χ3n) is 6.05. The van der Waals surface area contributed by atoms with E-state index in [0.717, 1.165) is 0 Å². The molecule has 0 saturated carbocycles. The lowest BCUT2D eigenvalue weighted by Crippen LogP contribution is -2.25. The number of hydrogen-bond donors (Lipinski definition) is 3. The van der Waals surface area contributed by atoms with Crippen molar-refractivity contribution in [1.82, 2.24) is 15.3 Å². The summed E-state index contributed by atoms with van der Waals surface area (Å²) in [4.78, 5) is 33.1. The van der Waals surface area contributed by atoms with Crippen LogP contribution in [0.2, 0.25) is 5.02 Å². The number of ether oxygens (including phenoxy) is 1. The Morgan fingerprint density at radius 2 is 1.88 bits per heavy atom. The first-order valence-corrected chi connectivity index (χ1v) is 13.1. The second-order valence-electron chi connectivity index (χ2n) is 9.06. The van der Waals surface area contributed by atoms with E-state index in [4.69, 9.17) is 20.8 Å². The normalized spacial score (nSPS) is 10.8. The lowest BCUT2D eigenvalue weighted by Gasteiger charge is -2.13. The number of anilines is 3. The van der Waals surface area contributed by atoms with Gasteiger partial charge in [-0.25, -0.2) is 14.4 Å². The van der Waals surface area contributed by atoms with Crippen molar-refractivity contribution in [2.75, 3.05) is 17.2 Å². The van der Waals surface area contributed by atoms with Crippen LogP contribution in [0.1, 0.15) is 28.8 Å². The number of aromatic nitrogens is 2. The lowest BCUT2D eigenvalue weighted by atomic mass is 10.2. The van der Waals surface area contributed by atoms with E-state index in [0.29, 0.717) is 63.0 Å². The van der Waals surface area contributed by atoms with Gasteiger partial charge < -0.3 is 25.1 Å². The van der Waals surface area contributed by atoms with Crippen molar-refractivity contribution in [3.63, 3.8) is 0 Å². The predicted molar refractivity (Wildman–Crippen MR) is 154 cm³/mol. The van der Waals surface area contributed by atoms with Gasteiger partial charge in [-0.1, -0.05) is 23.7 Å². The fourth-order valence-electron chi connectivity index (χ4n) is 4.02. The number of carbonyl (C=O) groups excluding carboxylic acids is 2. The van der Waals surface area contributed by atoms with E-state index in [1.807, 2.05) is 0 Å². The van der Waals surface area contributed by atoms with E-state index in [9.17, 15) is 14.0 Å². The highest BCUT2D eigenvalue weighted by molar-refractivity contribution is 6.32. The van der Waals surface area contributed by atoms with E-state index in [1.165, 1.54) is 31.0 Å². The van der Waals surface area contributed by atoms with Crippen molar-refractivity contribution in [1.29, 1.82) is 0 Å². The molecule has 5 aromatic rings. The van der Waals surface area contributed by atoms with Crippen molar-refractivity contribution in [3.05, 3.63) is 108 Å². The van der Waals surface area contributed by atoms with Crippen molar-refractivity contribution in [2.45, 2.75) is 19.4 Å². The van der Waals surface area contributed by atoms with Crippen molar-refractivity contribution in [3.8, 4) is 5.75 Å². The van der Waals surface area contributed by atoms with Gasteiger partial charge in [0.25, 0.3) is 5.91 Å². The molecule has 2 aromatic heterocycles. The molecule has 0 radical (unpaired) electrons. The van der Waals surface area contributed by atoms with Crippen molar-refractivity contribution < 1.29 is 23.1 Å². The molecule has 0 aliphatic carbocycles. The number of halogens is 2. The molecule has 3 N–H and O–H groups in total. The summed E-state index contributed by atoms with van der Waals surface area (Å²) in [5, 5.41) is 9.93. The zero-order valence-electron chi connectivity index (χ0n) is 21.7. The Balaban J connectivity index is 1.19. The minimum Gasteiger partial charge on any atom is -0.487 e. The molecule has 208 valence electrons. The fraction of sp³-hybridized carbons (Fsp3) is 0.133. The van der Waals surface area contributed by atoms with Crippen molar-refractivity contribution in [2.24, 2.45) is 0 Å². The van der Waals surface area contributed by atoms with Gasteiger partial charge >= 0.3 is 0 Å². The Labute approximate surface area is 239 Å². The molecule has 0 spiro atoms. The van der Waals surface area contributed by atoms with Crippen molar-refractivity contribution >= 4 is 51.5 Å². The van der Waals surface area contributed by atoms with Gasteiger partial charge in [0, 0.05) is 29.7 Å². The highest BCUT2D eigenvalue weighted by atomic mass is 35.5. The summed E-state index contributed by atoms with van der Waals surface area (Å²) >= 11 is 6.44. The maximum absolute atomic E-state index is 13.4. The number of benzene rings is 3. The number of hydrogen-bond acceptors (Lipinski definition) is 7. The van der Waals surface area contributed by atoms with Gasteiger partial charge in [0.15, 0.2) is 0 Å². The molecular weight excluding hydrogens is 549 g/mol. The predicted octanol–water partition coefficient (Wildman–Crippen LogP) is 6.49. The summed E-state index contributed by atoms with van der Waals surface area (Å²) < 4.78 is 24.1. The highest BCUT2D eigenvalue weighted by Gasteiger charge is 2.11. The van der Waals surface area contributed by atoms with E-state index in [-0.39, 0.29) is 30.7 Å². The number of carbonyl (C=O) groups is 2. The zero-order chi connectivity index (χ0) is 28.6. The molecule has 41 heavy (non-hydrogen) atoms. The SMILES string of the molecule is O=C(CCCNC(=O)c1ccoc1)Nc1ccc2ncnc(Nc3ccc(OCc4cccc(F)c4)c(Cl)c3)c2c1.